The second kappa shape index (κ2) is 5.87. The van der Waals surface area contributed by atoms with E-state index in [9.17, 15) is 30.1 Å². The van der Waals surface area contributed by atoms with E-state index in [1.54, 1.807) is 0 Å². The molecular formula is C15H8ClN3O6. The number of hydrogen-bond donors (Lipinski definition) is 2. The minimum absolute atomic E-state index is 0.0924. The van der Waals surface area contributed by atoms with Gasteiger partial charge >= 0.3 is 5.69 Å². The van der Waals surface area contributed by atoms with E-state index in [-0.39, 0.29) is 27.4 Å². The number of aromatic hydroxyl groups is 1. The summed E-state index contributed by atoms with van der Waals surface area (Å²) in [7, 11) is 0. The lowest BCUT2D eigenvalue weighted by atomic mass is 10.0. The number of carbonyl (C=O) groups is 1. The zero-order chi connectivity index (χ0) is 18.3. The molecule has 2 aromatic carbocycles. The highest BCUT2D eigenvalue weighted by molar-refractivity contribution is 6.37. The minimum Gasteiger partial charge on any atom is -0.502 e. The highest BCUT2D eigenvalue weighted by Gasteiger charge is 2.28. The lowest BCUT2D eigenvalue weighted by Crippen LogP contribution is -2.03. The second-order valence-corrected chi connectivity index (χ2v) is 5.53. The monoisotopic (exact) mass is 361 g/mol. The van der Waals surface area contributed by atoms with E-state index in [1.807, 2.05) is 0 Å². The normalized spacial score (nSPS) is 14.3. The summed E-state index contributed by atoms with van der Waals surface area (Å²) in [4.78, 5) is 32.6. The molecule has 0 spiro atoms. The van der Waals surface area contributed by atoms with E-state index in [0.717, 1.165) is 18.2 Å². The SMILES string of the molecule is O=C1Nc2cc(Cl)c([N+](=O)[O-])cc2/C1=C\c1ccc(O)c([N+](=O)[O-])c1. The average Bonchev–Trinajstić information content (AvgIpc) is 2.82. The van der Waals surface area contributed by atoms with Gasteiger partial charge in [0.15, 0.2) is 5.75 Å². The van der Waals surface area contributed by atoms with Crippen molar-refractivity contribution < 1.29 is 19.7 Å². The predicted octanol–water partition coefficient (Wildman–Crippen LogP) is 3.35. The van der Waals surface area contributed by atoms with Crippen LogP contribution < -0.4 is 5.32 Å². The molecule has 0 aliphatic carbocycles. The number of fused-ring (bicyclic) bond motifs is 1. The van der Waals surface area contributed by atoms with Crippen molar-refractivity contribution in [2.24, 2.45) is 0 Å². The van der Waals surface area contributed by atoms with Crippen LogP contribution in [-0.2, 0) is 4.79 Å². The van der Waals surface area contributed by atoms with E-state index < -0.39 is 27.2 Å². The molecule has 0 unspecified atom stereocenters. The third-order valence-corrected chi connectivity index (χ3v) is 3.88. The highest BCUT2D eigenvalue weighted by Crippen LogP contribution is 2.40. The van der Waals surface area contributed by atoms with Crippen LogP contribution in [0.4, 0.5) is 17.1 Å². The maximum atomic E-state index is 12.1. The summed E-state index contributed by atoms with van der Waals surface area (Å²) in [5.74, 6) is -1.03. The van der Waals surface area contributed by atoms with Gasteiger partial charge in [-0.05, 0) is 23.8 Å². The van der Waals surface area contributed by atoms with E-state index in [2.05, 4.69) is 5.32 Å². The van der Waals surface area contributed by atoms with Gasteiger partial charge in [0, 0.05) is 23.3 Å². The van der Waals surface area contributed by atoms with Crippen molar-refractivity contribution in [2.45, 2.75) is 0 Å². The third kappa shape index (κ3) is 2.88. The molecule has 0 atom stereocenters. The van der Waals surface area contributed by atoms with Crippen LogP contribution in [0.3, 0.4) is 0 Å². The molecule has 3 rings (SSSR count). The number of nitro benzene ring substituents is 2. The number of carbonyl (C=O) groups excluding carboxylic acids is 1. The maximum Gasteiger partial charge on any atom is 0.311 e. The fraction of sp³-hybridized carbons (Fsp3) is 0. The Balaban J connectivity index is 2.14. The molecule has 126 valence electrons. The zero-order valence-corrected chi connectivity index (χ0v) is 13.0. The fourth-order valence-corrected chi connectivity index (χ4v) is 2.66. The van der Waals surface area contributed by atoms with Gasteiger partial charge in [0.2, 0.25) is 0 Å². The van der Waals surface area contributed by atoms with Crippen molar-refractivity contribution in [3.63, 3.8) is 0 Å². The van der Waals surface area contributed by atoms with Crippen LogP contribution in [0.25, 0.3) is 11.6 Å². The maximum absolute atomic E-state index is 12.1. The first kappa shape index (κ1) is 16.4. The summed E-state index contributed by atoms with van der Waals surface area (Å²) in [6.07, 6.45) is 1.34. The van der Waals surface area contributed by atoms with Crippen molar-refractivity contribution in [1.29, 1.82) is 0 Å². The van der Waals surface area contributed by atoms with Gasteiger partial charge in [-0.15, -0.1) is 0 Å². The number of nitrogens with one attached hydrogen (secondary N) is 1. The molecule has 0 bridgehead atoms. The molecule has 1 aliphatic rings. The number of phenolic OH excluding ortho intramolecular Hbond substituents is 1. The Hall–Kier alpha value is -3.46. The zero-order valence-electron chi connectivity index (χ0n) is 12.2. The molecule has 1 aliphatic heterocycles. The molecule has 1 heterocycles. The van der Waals surface area contributed by atoms with Crippen LogP contribution in [-0.4, -0.2) is 20.9 Å². The van der Waals surface area contributed by atoms with Gasteiger partial charge in [-0.3, -0.25) is 25.0 Å². The summed E-state index contributed by atoms with van der Waals surface area (Å²) in [6.45, 7) is 0. The average molecular weight is 362 g/mol. The summed E-state index contributed by atoms with van der Waals surface area (Å²) in [5, 5.41) is 33.8. The summed E-state index contributed by atoms with van der Waals surface area (Å²) in [6, 6.07) is 6.04. The number of amides is 1. The number of anilines is 1. The van der Waals surface area contributed by atoms with Gasteiger partial charge in [-0.1, -0.05) is 17.7 Å². The number of phenols is 1. The minimum atomic E-state index is -0.759. The van der Waals surface area contributed by atoms with Crippen molar-refractivity contribution in [3.8, 4) is 5.75 Å². The quantitative estimate of drug-likeness (QED) is 0.488. The van der Waals surface area contributed by atoms with Crippen molar-refractivity contribution in [2.75, 3.05) is 5.32 Å². The Morgan fingerprint density at radius 3 is 2.40 bits per heavy atom. The van der Waals surface area contributed by atoms with E-state index in [0.29, 0.717) is 5.69 Å². The van der Waals surface area contributed by atoms with Crippen molar-refractivity contribution in [3.05, 3.63) is 66.7 Å². The Bertz CT molecular complexity index is 985. The van der Waals surface area contributed by atoms with Crippen LogP contribution in [0.15, 0.2) is 30.3 Å². The first-order valence-corrected chi connectivity index (χ1v) is 7.14. The molecule has 2 aromatic rings. The molecule has 0 saturated heterocycles. The van der Waals surface area contributed by atoms with Gasteiger partial charge < -0.3 is 10.4 Å². The molecule has 0 fully saturated rings. The molecule has 2 N–H and O–H groups in total. The Morgan fingerprint density at radius 2 is 1.76 bits per heavy atom. The molecule has 0 aromatic heterocycles. The van der Waals surface area contributed by atoms with Crippen molar-refractivity contribution in [1.82, 2.24) is 0 Å². The third-order valence-electron chi connectivity index (χ3n) is 3.57. The largest absolute Gasteiger partial charge is 0.502 e. The Kier molecular flexibility index (Phi) is 3.85. The second-order valence-electron chi connectivity index (χ2n) is 5.12. The lowest BCUT2D eigenvalue weighted by Gasteiger charge is -2.02. The molecule has 0 radical (unpaired) electrons. The van der Waals surface area contributed by atoms with Gasteiger partial charge in [0.1, 0.15) is 5.02 Å². The van der Waals surface area contributed by atoms with Crippen LogP contribution in [0.1, 0.15) is 11.1 Å². The predicted molar refractivity (Wildman–Crippen MR) is 89.4 cm³/mol. The molecule has 10 heteroatoms. The number of nitrogens with zero attached hydrogens (tertiary/aromatic N) is 2. The summed E-state index contributed by atoms with van der Waals surface area (Å²) >= 11 is 5.82. The van der Waals surface area contributed by atoms with Crippen LogP contribution in [0.2, 0.25) is 5.02 Å². The number of benzene rings is 2. The number of hydrogen-bond acceptors (Lipinski definition) is 6. The molecule has 25 heavy (non-hydrogen) atoms. The molecule has 9 nitrogen and oxygen atoms in total. The van der Waals surface area contributed by atoms with E-state index in [4.69, 9.17) is 11.6 Å². The van der Waals surface area contributed by atoms with Crippen LogP contribution in [0.5, 0.6) is 5.75 Å². The molecular weight excluding hydrogens is 354 g/mol. The molecule has 1 amide bonds. The van der Waals surface area contributed by atoms with Crippen LogP contribution in [0, 0.1) is 20.2 Å². The van der Waals surface area contributed by atoms with Gasteiger partial charge in [0.25, 0.3) is 11.6 Å². The molecule has 0 saturated carbocycles. The fourth-order valence-electron chi connectivity index (χ4n) is 2.43. The Labute approximate surface area is 144 Å². The Morgan fingerprint density at radius 1 is 1.08 bits per heavy atom. The summed E-state index contributed by atoms with van der Waals surface area (Å²) < 4.78 is 0. The first-order chi connectivity index (χ1) is 11.8. The van der Waals surface area contributed by atoms with E-state index >= 15 is 0 Å². The highest BCUT2D eigenvalue weighted by atomic mass is 35.5. The van der Waals surface area contributed by atoms with Crippen LogP contribution >= 0.6 is 11.6 Å². The first-order valence-electron chi connectivity index (χ1n) is 6.76. The standard InChI is InChI=1S/C15H8ClN3O6/c16-10-6-11-8(5-12(10)18(22)23)9(15(21)17-11)3-7-1-2-14(20)13(4-7)19(24)25/h1-6,20H,(H,17,21)/b9-3+. The van der Waals surface area contributed by atoms with Gasteiger partial charge in [-0.25, -0.2) is 0 Å². The topological polar surface area (TPSA) is 136 Å². The smallest absolute Gasteiger partial charge is 0.311 e. The number of halogens is 1. The number of nitro groups is 2. The van der Waals surface area contributed by atoms with Crippen molar-refractivity contribution >= 4 is 46.2 Å². The van der Waals surface area contributed by atoms with Gasteiger partial charge in [-0.2, -0.15) is 0 Å². The number of rotatable bonds is 3. The van der Waals surface area contributed by atoms with Gasteiger partial charge in [0.05, 0.1) is 15.5 Å². The summed E-state index contributed by atoms with van der Waals surface area (Å²) in [5.41, 5.74) is 0.0568. The van der Waals surface area contributed by atoms with E-state index in [1.165, 1.54) is 18.2 Å². The lowest BCUT2D eigenvalue weighted by molar-refractivity contribution is -0.385.